The zero-order valence-corrected chi connectivity index (χ0v) is 13.9. The van der Waals surface area contributed by atoms with E-state index in [-0.39, 0.29) is 5.91 Å². The number of aromatic nitrogens is 1. The van der Waals surface area contributed by atoms with Gasteiger partial charge in [-0.15, -0.1) is 11.3 Å². The van der Waals surface area contributed by atoms with Crippen LogP contribution in [0.2, 0.25) is 0 Å². The number of nitrogens with zero attached hydrogens (tertiary/aromatic N) is 3. The number of thiazole rings is 1. The van der Waals surface area contributed by atoms with Crippen molar-refractivity contribution in [2.24, 2.45) is 5.73 Å². The second kappa shape index (κ2) is 6.52. The molecule has 2 saturated heterocycles. The normalized spacial score (nSPS) is 21.9. The Kier molecular flexibility index (Phi) is 4.65. The van der Waals surface area contributed by atoms with Crippen LogP contribution >= 0.6 is 11.3 Å². The minimum Gasteiger partial charge on any atom is -0.381 e. The fourth-order valence-corrected chi connectivity index (χ4v) is 3.87. The first kappa shape index (κ1) is 15.7. The number of hydrogen-bond acceptors (Lipinski definition) is 6. The molecule has 7 heteroatoms. The lowest BCUT2D eigenvalue weighted by Crippen LogP contribution is -2.61. The van der Waals surface area contributed by atoms with Gasteiger partial charge in [0.1, 0.15) is 0 Å². The summed E-state index contributed by atoms with van der Waals surface area (Å²) in [5, 5.41) is 1.07. The number of ether oxygens (including phenoxy) is 1. The van der Waals surface area contributed by atoms with Gasteiger partial charge in [0.15, 0.2) is 5.13 Å². The number of amides is 1. The van der Waals surface area contributed by atoms with Crippen LogP contribution < -0.4 is 10.6 Å². The quantitative estimate of drug-likeness (QED) is 0.893. The summed E-state index contributed by atoms with van der Waals surface area (Å²) in [6, 6.07) is 0. The maximum absolute atomic E-state index is 12.7. The maximum Gasteiger partial charge on any atom is 0.242 e. The molecule has 3 heterocycles. The molecule has 0 aromatic carbocycles. The van der Waals surface area contributed by atoms with Gasteiger partial charge in [-0.3, -0.25) is 4.79 Å². The van der Waals surface area contributed by atoms with Gasteiger partial charge in [-0.05, 0) is 19.3 Å². The summed E-state index contributed by atoms with van der Waals surface area (Å²) in [6.07, 6.45) is 4.22. The molecule has 2 aliphatic heterocycles. The molecule has 0 saturated carbocycles. The molecule has 0 bridgehead atoms. The highest BCUT2D eigenvalue weighted by atomic mass is 32.1. The van der Waals surface area contributed by atoms with Crippen LogP contribution in [0.1, 0.15) is 24.6 Å². The Morgan fingerprint density at radius 2 is 2.05 bits per heavy atom. The van der Waals surface area contributed by atoms with Crippen molar-refractivity contribution < 1.29 is 9.53 Å². The third kappa shape index (κ3) is 3.11. The van der Waals surface area contributed by atoms with Crippen molar-refractivity contribution in [1.82, 2.24) is 9.88 Å². The Labute approximate surface area is 135 Å². The predicted molar refractivity (Wildman–Crippen MR) is 87.3 cm³/mol. The fraction of sp³-hybridized carbons (Fsp3) is 0.733. The third-order valence-electron chi connectivity index (χ3n) is 4.54. The molecule has 0 unspecified atom stereocenters. The molecular formula is C15H24N4O2S. The smallest absolute Gasteiger partial charge is 0.242 e. The third-order valence-corrected chi connectivity index (χ3v) is 5.74. The van der Waals surface area contributed by atoms with Crippen LogP contribution in [-0.2, 0) is 16.0 Å². The van der Waals surface area contributed by atoms with Crippen molar-refractivity contribution in [3.8, 4) is 0 Å². The Balaban J connectivity index is 1.58. The maximum atomic E-state index is 12.7. The Morgan fingerprint density at radius 3 is 2.64 bits per heavy atom. The molecule has 0 atom stereocenters. The van der Waals surface area contributed by atoms with Gasteiger partial charge in [-0.1, -0.05) is 6.92 Å². The van der Waals surface area contributed by atoms with Gasteiger partial charge in [0.25, 0.3) is 0 Å². The highest BCUT2D eigenvalue weighted by Crippen LogP contribution is 2.25. The Hall–Kier alpha value is -1.18. The number of aryl methyl sites for hydroxylation is 1. The van der Waals surface area contributed by atoms with E-state index >= 15 is 0 Å². The molecule has 6 nitrogen and oxygen atoms in total. The summed E-state index contributed by atoms with van der Waals surface area (Å²) in [7, 11) is 0. The van der Waals surface area contributed by atoms with Crippen LogP contribution in [-0.4, -0.2) is 60.7 Å². The average Bonchev–Trinajstić information content (AvgIpc) is 3.04. The van der Waals surface area contributed by atoms with Crippen LogP contribution in [0.25, 0.3) is 0 Å². The molecule has 0 radical (unpaired) electrons. The molecule has 0 aliphatic carbocycles. The fourth-order valence-electron chi connectivity index (χ4n) is 2.97. The van der Waals surface area contributed by atoms with Gasteiger partial charge in [0.2, 0.25) is 5.91 Å². The summed E-state index contributed by atoms with van der Waals surface area (Å²) >= 11 is 1.75. The number of carbonyl (C=O) groups excluding carboxylic acids is 1. The van der Waals surface area contributed by atoms with Crippen LogP contribution in [0.3, 0.4) is 0 Å². The van der Waals surface area contributed by atoms with E-state index in [4.69, 9.17) is 10.5 Å². The molecule has 1 amide bonds. The van der Waals surface area contributed by atoms with E-state index < -0.39 is 5.54 Å². The first-order chi connectivity index (χ1) is 10.6. The van der Waals surface area contributed by atoms with Crippen LogP contribution in [0, 0.1) is 0 Å². The van der Waals surface area contributed by atoms with Crippen molar-refractivity contribution >= 4 is 22.4 Å². The minimum atomic E-state index is -0.725. The van der Waals surface area contributed by atoms with E-state index in [2.05, 4.69) is 16.8 Å². The minimum absolute atomic E-state index is 0.0869. The molecule has 22 heavy (non-hydrogen) atoms. The molecule has 2 fully saturated rings. The van der Waals surface area contributed by atoms with E-state index in [0.717, 1.165) is 37.7 Å². The molecule has 2 aliphatic rings. The summed E-state index contributed by atoms with van der Waals surface area (Å²) in [5.41, 5.74) is 5.58. The SMILES string of the molecule is CCc1cnc(N2CCN(C(=O)C3(N)CCOCC3)CC2)s1. The Morgan fingerprint density at radius 1 is 1.36 bits per heavy atom. The summed E-state index contributed by atoms with van der Waals surface area (Å²) < 4.78 is 5.32. The number of carbonyl (C=O) groups is 1. The molecular weight excluding hydrogens is 300 g/mol. The van der Waals surface area contributed by atoms with Gasteiger partial charge in [0, 0.05) is 50.5 Å². The number of piperazine rings is 1. The largest absolute Gasteiger partial charge is 0.381 e. The van der Waals surface area contributed by atoms with Gasteiger partial charge in [0.05, 0.1) is 5.54 Å². The number of hydrogen-bond donors (Lipinski definition) is 1. The summed E-state index contributed by atoms with van der Waals surface area (Å²) in [4.78, 5) is 22.6. The summed E-state index contributed by atoms with van der Waals surface area (Å²) in [5.74, 6) is 0.0869. The first-order valence-corrected chi connectivity index (χ1v) is 8.80. The van der Waals surface area contributed by atoms with Crippen molar-refractivity contribution in [3.05, 3.63) is 11.1 Å². The summed E-state index contributed by atoms with van der Waals surface area (Å²) in [6.45, 7) is 6.41. The average molecular weight is 324 g/mol. The second-order valence-corrected chi connectivity index (χ2v) is 7.10. The van der Waals surface area contributed by atoms with Crippen LogP contribution in [0.5, 0.6) is 0 Å². The molecule has 122 valence electrons. The van der Waals surface area contributed by atoms with Crippen LogP contribution in [0.15, 0.2) is 6.20 Å². The van der Waals surface area contributed by atoms with Gasteiger partial charge < -0.3 is 20.3 Å². The van der Waals surface area contributed by atoms with E-state index in [1.54, 1.807) is 11.3 Å². The number of rotatable bonds is 3. The van der Waals surface area contributed by atoms with Gasteiger partial charge >= 0.3 is 0 Å². The molecule has 3 rings (SSSR count). The number of anilines is 1. The molecule has 1 aromatic rings. The lowest BCUT2D eigenvalue weighted by Gasteiger charge is -2.40. The zero-order chi connectivity index (χ0) is 15.6. The zero-order valence-electron chi connectivity index (χ0n) is 13.1. The van der Waals surface area contributed by atoms with Crippen LogP contribution in [0.4, 0.5) is 5.13 Å². The highest BCUT2D eigenvalue weighted by Gasteiger charge is 2.39. The van der Waals surface area contributed by atoms with E-state index in [1.807, 2.05) is 11.1 Å². The van der Waals surface area contributed by atoms with Gasteiger partial charge in [-0.25, -0.2) is 4.98 Å². The lowest BCUT2D eigenvalue weighted by atomic mass is 9.89. The second-order valence-electron chi connectivity index (χ2n) is 6.01. The van der Waals surface area contributed by atoms with E-state index in [0.29, 0.717) is 26.1 Å². The van der Waals surface area contributed by atoms with Crippen molar-refractivity contribution in [2.75, 3.05) is 44.3 Å². The topological polar surface area (TPSA) is 71.7 Å². The number of nitrogens with two attached hydrogens (primary N) is 1. The molecule has 0 spiro atoms. The van der Waals surface area contributed by atoms with Crippen molar-refractivity contribution in [2.45, 2.75) is 31.7 Å². The molecule has 1 aromatic heterocycles. The van der Waals surface area contributed by atoms with Crippen molar-refractivity contribution in [1.29, 1.82) is 0 Å². The van der Waals surface area contributed by atoms with Gasteiger partial charge in [-0.2, -0.15) is 0 Å². The Bertz CT molecular complexity index is 519. The van der Waals surface area contributed by atoms with E-state index in [9.17, 15) is 4.79 Å². The highest BCUT2D eigenvalue weighted by molar-refractivity contribution is 7.15. The standard InChI is InChI=1S/C15H24N4O2S/c1-2-12-11-17-14(22-12)19-7-5-18(6-8-19)13(20)15(16)3-9-21-10-4-15/h11H,2-10,16H2,1H3. The van der Waals surface area contributed by atoms with E-state index in [1.165, 1.54) is 4.88 Å². The molecule has 2 N–H and O–H groups in total. The monoisotopic (exact) mass is 324 g/mol. The lowest BCUT2D eigenvalue weighted by molar-refractivity contribution is -0.140. The van der Waals surface area contributed by atoms with Crippen molar-refractivity contribution in [3.63, 3.8) is 0 Å². The predicted octanol–water partition coefficient (Wildman–Crippen LogP) is 0.862. The first-order valence-electron chi connectivity index (χ1n) is 7.98.